The number of phenols is 1. The Morgan fingerprint density at radius 1 is 0.966 bits per heavy atom. The molecule has 3 aliphatic heterocycles. The maximum Gasteiger partial charge on any atom is 0.226 e. The quantitative estimate of drug-likeness (QED) is 0.118. The maximum absolute atomic E-state index is 11.9. The van der Waals surface area contributed by atoms with Gasteiger partial charge in [-0.15, -0.1) is 0 Å². The van der Waals surface area contributed by atoms with Crippen LogP contribution in [-0.4, -0.2) is 102 Å². The second-order valence-corrected chi connectivity index (χ2v) is 16.8. The number of nitrogens with two attached hydrogens (primary N) is 3. The lowest BCUT2D eigenvalue weighted by Gasteiger charge is -2.42. The van der Waals surface area contributed by atoms with Crippen molar-refractivity contribution in [2.24, 2.45) is 17.2 Å². The van der Waals surface area contributed by atoms with Gasteiger partial charge in [-0.3, -0.25) is 14.9 Å². The molecule has 3 aromatic rings. The SMILES string of the molecule is CC(CCC(=O)NC=O)N1CCOc2c(C3CCC(N4CCC(c5cnc(N(C)C6CCCN(C(/C=C(\N)c7ccccc7O)=C(N)N)C6)nc5)CC4)CC3)cccc21. The highest BCUT2D eigenvalue weighted by Gasteiger charge is 2.34. The standard InChI is InChI=1S/C45H62N10O4/c1-30(12-17-42(58)51-29-56)55-23-24-59-43-36(9-5-10-39(43)55)32-13-15-34(16-14-32)53-21-18-31(19-22-53)33-26-49-45(50-27-33)52(2)35-7-6-20-54(28-35)40(44(47)48)25-38(46)37-8-3-4-11-41(37)57/h3-5,8-11,25-27,29-32,34-35,57H,6-7,12-24,28,46-48H2,1-2H3,(H,51,56,58)/b38-25-. The first-order chi connectivity index (χ1) is 28.6. The molecule has 2 unspecified atom stereocenters. The third-order valence-corrected chi connectivity index (χ3v) is 13.2. The fraction of sp³-hybridized carbons (Fsp3) is 0.511. The maximum atomic E-state index is 11.9. The predicted molar refractivity (Wildman–Crippen MR) is 231 cm³/mol. The fourth-order valence-corrected chi connectivity index (χ4v) is 9.73. The Labute approximate surface area is 348 Å². The molecule has 59 heavy (non-hydrogen) atoms. The van der Waals surface area contributed by atoms with Crippen LogP contribution in [0, 0.1) is 0 Å². The number of likely N-dealkylation sites (tertiary alicyclic amines) is 2. The van der Waals surface area contributed by atoms with Gasteiger partial charge in [0.15, 0.2) is 0 Å². The van der Waals surface area contributed by atoms with Crippen molar-refractivity contribution in [3.63, 3.8) is 0 Å². The molecule has 1 saturated carbocycles. The van der Waals surface area contributed by atoms with E-state index < -0.39 is 0 Å². The third kappa shape index (κ3) is 9.70. The highest BCUT2D eigenvalue weighted by Crippen LogP contribution is 2.45. The summed E-state index contributed by atoms with van der Waals surface area (Å²) in [5, 5.41) is 12.6. The first-order valence-electron chi connectivity index (χ1n) is 21.4. The number of aromatic hydroxyl groups is 1. The van der Waals surface area contributed by atoms with E-state index in [1.165, 1.54) is 24.0 Å². The van der Waals surface area contributed by atoms with Gasteiger partial charge in [0.05, 0.1) is 17.9 Å². The minimum absolute atomic E-state index is 0.106. The number of allylic oxidation sites excluding steroid dienone is 1. The minimum Gasteiger partial charge on any atom is -0.507 e. The molecule has 14 heteroatoms. The molecule has 0 spiro atoms. The van der Waals surface area contributed by atoms with E-state index in [2.05, 4.69) is 57.1 Å². The average Bonchev–Trinajstić information content (AvgIpc) is 3.27. The third-order valence-electron chi connectivity index (χ3n) is 13.2. The van der Waals surface area contributed by atoms with Crippen LogP contribution in [-0.2, 0) is 9.59 Å². The van der Waals surface area contributed by atoms with E-state index in [1.54, 1.807) is 24.3 Å². The van der Waals surface area contributed by atoms with Gasteiger partial charge in [-0.05, 0) is 125 Å². The number of likely N-dealkylation sites (N-methyl/N-ethyl adjacent to an activating group) is 1. The van der Waals surface area contributed by atoms with Crippen LogP contribution in [0.1, 0.15) is 99.7 Å². The van der Waals surface area contributed by atoms with E-state index in [4.69, 9.17) is 31.9 Å². The number of piperidine rings is 2. The number of nitrogens with one attached hydrogen (secondary N) is 1. The van der Waals surface area contributed by atoms with Crippen molar-refractivity contribution in [2.75, 3.05) is 56.2 Å². The lowest BCUT2D eigenvalue weighted by Crippen LogP contribution is -2.47. The van der Waals surface area contributed by atoms with Crippen LogP contribution in [0.5, 0.6) is 11.5 Å². The minimum atomic E-state index is -0.238. The van der Waals surface area contributed by atoms with E-state index >= 15 is 0 Å². The number of imide groups is 1. The Morgan fingerprint density at radius 2 is 1.71 bits per heavy atom. The van der Waals surface area contributed by atoms with E-state index in [-0.39, 0.29) is 29.6 Å². The van der Waals surface area contributed by atoms with Gasteiger partial charge in [0, 0.05) is 68.3 Å². The molecule has 3 fully saturated rings. The first kappa shape index (κ1) is 41.7. The second-order valence-electron chi connectivity index (χ2n) is 16.8. The molecule has 4 heterocycles. The van der Waals surface area contributed by atoms with Crippen molar-refractivity contribution in [1.29, 1.82) is 0 Å². The largest absolute Gasteiger partial charge is 0.507 e. The van der Waals surface area contributed by atoms with Gasteiger partial charge in [-0.1, -0.05) is 24.3 Å². The summed E-state index contributed by atoms with van der Waals surface area (Å²) in [7, 11) is 2.05. The zero-order valence-corrected chi connectivity index (χ0v) is 34.6. The highest BCUT2D eigenvalue weighted by molar-refractivity contribution is 5.85. The first-order valence-corrected chi connectivity index (χ1v) is 21.4. The topological polar surface area (TPSA) is 192 Å². The number of carbonyl (C=O) groups is 2. The Morgan fingerprint density at radius 3 is 2.42 bits per heavy atom. The van der Waals surface area contributed by atoms with Crippen molar-refractivity contribution in [1.82, 2.24) is 25.1 Å². The van der Waals surface area contributed by atoms with Crippen molar-refractivity contribution in [3.8, 4) is 11.5 Å². The molecule has 2 atom stereocenters. The van der Waals surface area contributed by atoms with Crippen LogP contribution in [0.3, 0.4) is 0 Å². The Hall–Kier alpha value is -5.50. The van der Waals surface area contributed by atoms with Crippen LogP contribution in [0.25, 0.3) is 5.70 Å². The molecular weight excluding hydrogens is 745 g/mol. The molecule has 1 aliphatic carbocycles. The normalized spacial score (nSPS) is 22.1. The van der Waals surface area contributed by atoms with E-state index in [0.717, 1.165) is 76.1 Å². The van der Waals surface area contributed by atoms with Gasteiger partial charge in [0.2, 0.25) is 18.3 Å². The van der Waals surface area contributed by atoms with Crippen molar-refractivity contribution in [2.45, 2.75) is 101 Å². The van der Waals surface area contributed by atoms with Gasteiger partial charge in [-0.25, -0.2) is 9.97 Å². The number of hydrogen-bond donors (Lipinski definition) is 5. The van der Waals surface area contributed by atoms with Crippen LogP contribution in [0.2, 0.25) is 0 Å². The molecule has 8 N–H and O–H groups in total. The van der Waals surface area contributed by atoms with Gasteiger partial charge < -0.3 is 46.6 Å². The van der Waals surface area contributed by atoms with Gasteiger partial charge >= 0.3 is 0 Å². The van der Waals surface area contributed by atoms with Crippen molar-refractivity contribution >= 4 is 29.7 Å². The number of aromatic nitrogens is 2. The van der Waals surface area contributed by atoms with Crippen LogP contribution in [0.4, 0.5) is 11.6 Å². The summed E-state index contributed by atoms with van der Waals surface area (Å²) in [6.07, 6.45) is 16.1. The van der Waals surface area contributed by atoms with E-state index in [9.17, 15) is 14.7 Å². The number of phenolic OH excluding ortho intramolecular Hbond substituents is 1. The second kappa shape index (κ2) is 19.0. The van der Waals surface area contributed by atoms with Gasteiger partial charge in [-0.2, -0.15) is 0 Å². The number of hydrogen-bond acceptors (Lipinski definition) is 13. The monoisotopic (exact) mass is 806 g/mol. The molecule has 2 aromatic carbocycles. The number of benzene rings is 2. The summed E-state index contributed by atoms with van der Waals surface area (Å²) in [5.41, 5.74) is 24.0. The molecule has 2 amide bonds. The summed E-state index contributed by atoms with van der Waals surface area (Å²) in [4.78, 5) is 41.7. The molecule has 0 radical (unpaired) electrons. The summed E-state index contributed by atoms with van der Waals surface area (Å²) < 4.78 is 6.33. The van der Waals surface area contributed by atoms with E-state index in [1.807, 2.05) is 18.5 Å². The zero-order chi connectivity index (χ0) is 41.5. The molecule has 316 valence electrons. The Bertz CT molecular complexity index is 1970. The summed E-state index contributed by atoms with van der Waals surface area (Å²) in [6.45, 7) is 7.21. The fourth-order valence-electron chi connectivity index (χ4n) is 9.73. The highest BCUT2D eigenvalue weighted by atomic mass is 16.5. The lowest BCUT2D eigenvalue weighted by atomic mass is 9.79. The number of rotatable bonds is 13. The van der Waals surface area contributed by atoms with Gasteiger partial charge in [0.25, 0.3) is 0 Å². The molecule has 4 aliphatic rings. The summed E-state index contributed by atoms with van der Waals surface area (Å²) >= 11 is 0. The number of anilines is 2. The average molecular weight is 807 g/mol. The zero-order valence-electron chi connectivity index (χ0n) is 34.6. The molecule has 7 rings (SSSR count). The number of nitrogens with zero attached hydrogens (tertiary/aromatic N) is 6. The van der Waals surface area contributed by atoms with Crippen molar-refractivity contribution < 1.29 is 19.4 Å². The van der Waals surface area contributed by atoms with Crippen molar-refractivity contribution in [3.05, 3.63) is 89.1 Å². The molecule has 1 aromatic heterocycles. The molecular formula is C45H62N10O4. The summed E-state index contributed by atoms with van der Waals surface area (Å²) in [5.74, 6) is 2.69. The molecule has 0 bridgehead atoms. The number of fused-ring (bicyclic) bond motifs is 1. The van der Waals surface area contributed by atoms with Gasteiger partial charge in [0.1, 0.15) is 23.9 Å². The van der Waals surface area contributed by atoms with Crippen LogP contribution >= 0.6 is 0 Å². The number of carbonyl (C=O) groups excluding carboxylic acids is 2. The number of ether oxygens (including phenoxy) is 1. The Balaban J connectivity index is 0.896. The van der Waals surface area contributed by atoms with E-state index in [0.29, 0.717) is 73.2 Å². The number of para-hydroxylation sites is 2. The lowest BCUT2D eigenvalue weighted by molar-refractivity contribution is -0.125. The smallest absolute Gasteiger partial charge is 0.226 e. The van der Waals surface area contributed by atoms with Crippen LogP contribution in [0.15, 0.2) is 72.5 Å². The van der Waals surface area contributed by atoms with Crippen LogP contribution < -0.4 is 37.1 Å². The Kier molecular flexibility index (Phi) is 13.4. The molecule has 2 saturated heterocycles. The predicted octanol–water partition coefficient (Wildman–Crippen LogP) is 4.72. The number of amides is 2. The summed E-state index contributed by atoms with van der Waals surface area (Å²) in [6, 6.07) is 14.4. The molecule has 14 nitrogen and oxygen atoms in total.